The quantitative estimate of drug-likeness (QED) is 0.884. The highest BCUT2D eigenvalue weighted by molar-refractivity contribution is 7.90. The van der Waals surface area contributed by atoms with Crippen LogP contribution >= 0.6 is 0 Å². The van der Waals surface area contributed by atoms with Crippen molar-refractivity contribution in [2.75, 3.05) is 19.1 Å². The number of rotatable bonds is 6. The molecule has 2 aromatic rings. The molecular formula is C14H19NO3S. The molecule has 1 aromatic heterocycles. The van der Waals surface area contributed by atoms with Crippen molar-refractivity contribution in [2.24, 2.45) is 0 Å². The van der Waals surface area contributed by atoms with Crippen molar-refractivity contribution >= 4 is 20.8 Å². The van der Waals surface area contributed by atoms with Gasteiger partial charge >= 0.3 is 0 Å². The minimum absolute atomic E-state index is 0.116. The molecule has 1 atom stereocenters. The number of hydrogen-bond donors (Lipinski definition) is 1. The summed E-state index contributed by atoms with van der Waals surface area (Å²) in [6.45, 7) is 0. The van der Waals surface area contributed by atoms with Crippen LogP contribution in [0.2, 0.25) is 0 Å². The van der Waals surface area contributed by atoms with Gasteiger partial charge in [-0.25, -0.2) is 8.42 Å². The Labute approximate surface area is 113 Å². The first-order valence-electron chi connectivity index (χ1n) is 6.32. The predicted octanol–water partition coefficient (Wildman–Crippen LogP) is 2.52. The number of sulfone groups is 1. The van der Waals surface area contributed by atoms with Gasteiger partial charge in [0.25, 0.3) is 0 Å². The monoisotopic (exact) mass is 281 g/mol. The molecule has 4 nitrogen and oxygen atoms in total. The molecule has 0 radical (unpaired) electrons. The molecule has 2 rings (SSSR count). The Morgan fingerprint density at radius 2 is 2.05 bits per heavy atom. The standard InChI is InChI=1S/C14H19NO3S/c1-15-13(7-5-9-19(2,16)17)12-10-18-14-8-4-3-6-11(12)14/h3-4,6,8,10,13,15H,5,7,9H2,1-2H3. The van der Waals surface area contributed by atoms with Gasteiger partial charge in [0.15, 0.2) is 0 Å². The van der Waals surface area contributed by atoms with Gasteiger partial charge in [0.2, 0.25) is 0 Å². The minimum Gasteiger partial charge on any atom is -0.464 e. The van der Waals surface area contributed by atoms with Gasteiger partial charge in [-0.1, -0.05) is 18.2 Å². The van der Waals surface area contributed by atoms with E-state index in [0.717, 1.165) is 23.0 Å². The van der Waals surface area contributed by atoms with Crippen molar-refractivity contribution < 1.29 is 12.8 Å². The highest BCUT2D eigenvalue weighted by Gasteiger charge is 2.15. The van der Waals surface area contributed by atoms with Gasteiger partial charge in [0.1, 0.15) is 15.4 Å². The average molecular weight is 281 g/mol. The lowest BCUT2D eigenvalue weighted by molar-refractivity contribution is 0.525. The maximum absolute atomic E-state index is 11.2. The summed E-state index contributed by atoms with van der Waals surface area (Å²) in [6.07, 6.45) is 4.44. The number of para-hydroxylation sites is 1. The number of benzene rings is 1. The number of nitrogens with one attached hydrogen (secondary N) is 1. The van der Waals surface area contributed by atoms with E-state index in [-0.39, 0.29) is 11.8 Å². The summed E-state index contributed by atoms with van der Waals surface area (Å²) in [6, 6.07) is 7.99. The van der Waals surface area contributed by atoms with Crippen LogP contribution in [0.3, 0.4) is 0 Å². The van der Waals surface area contributed by atoms with Crippen molar-refractivity contribution in [3.8, 4) is 0 Å². The van der Waals surface area contributed by atoms with E-state index < -0.39 is 9.84 Å². The zero-order chi connectivity index (χ0) is 13.9. The molecule has 0 spiro atoms. The molecule has 0 aliphatic rings. The van der Waals surface area contributed by atoms with Crippen molar-refractivity contribution in [3.63, 3.8) is 0 Å². The molecule has 19 heavy (non-hydrogen) atoms. The lowest BCUT2D eigenvalue weighted by Gasteiger charge is -2.14. The van der Waals surface area contributed by atoms with Gasteiger partial charge in [0, 0.05) is 29.0 Å². The largest absolute Gasteiger partial charge is 0.464 e. The Hall–Kier alpha value is -1.33. The third kappa shape index (κ3) is 3.58. The normalized spacial score (nSPS) is 13.8. The van der Waals surface area contributed by atoms with Gasteiger partial charge in [-0.15, -0.1) is 0 Å². The molecule has 1 N–H and O–H groups in total. The Bertz CT molecular complexity index is 646. The summed E-state index contributed by atoms with van der Waals surface area (Å²) >= 11 is 0. The third-order valence-electron chi connectivity index (χ3n) is 3.24. The van der Waals surface area contributed by atoms with E-state index in [9.17, 15) is 8.42 Å². The average Bonchev–Trinajstić information content (AvgIpc) is 2.77. The molecule has 1 aromatic carbocycles. The number of furan rings is 1. The molecule has 0 saturated carbocycles. The first-order chi connectivity index (χ1) is 9.01. The lowest BCUT2D eigenvalue weighted by atomic mass is 10.0. The van der Waals surface area contributed by atoms with Crippen LogP contribution in [-0.2, 0) is 9.84 Å². The van der Waals surface area contributed by atoms with E-state index in [1.807, 2.05) is 31.3 Å². The Morgan fingerprint density at radius 1 is 1.32 bits per heavy atom. The van der Waals surface area contributed by atoms with Crippen LogP contribution in [0.5, 0.6) is 0 Å². The van der Waals surface area contributed by atoms with Crippen LogP contribution in [0.1, 0.15) is 24.4 Å². The summed E-state index contributed by atoms with van der Waals surface area (Å²) in [7, 11) is -1.01. The highest BCUT2D eigenvalue weighted by atomic mass is 32.2. The molecule has 1 unspecified atom stereocenters. The van der Waals surface area contributed by atoms with Crippen LogP contribution in [0.25, 0.3) is 11.0 Å². The van der Waals surface area contributed by atoms with Crippen LogP contribution in [0.15, 0.2) is 34.9 Å². The Kier molecular flexibility index (Phi) is 4.27. The topological polar surface area (TPSA) is 59.3 Å². The summed E-state index contributed by atoms with van der Waals surface area (Å²) < 4.78 is 27.8. The van der Waals surface area contributed by atoms with Crippen LogP contribution in [0.4, 0.5) is 0 Å². The molecule has 0 aliphatic heterocycles. The molecule has 5 heteroatoms. The summed E-state index contributed by atoms with van der Waals surface area (Å²) in [5, 5.41) is 4.31. The first-order valence-corrected chi connectivity index (χ1v) is 8.38. The maximum Gasteiger partial charge on any atom is 0.147 e. The second-order valence-electron chi connectivity index (χ2n) is 4.80. The molecule has 0 amide bonds. The van der Waals surface area contributed by atoms with Gasteiger partial charge in [0.05, 0.1) is 6.26 Å². The fourth-order valence-corrected chi connectivity index (χ4v) is 2.96. The molecule has 0 bridgehead atoms. The maximum atomic E-state index is 11.2. The molecule has 0 saturated heterocycles. The van der Waals surface area contributed by atoms with E-state index in [0.29, 0.717) is 6.42 Å². The summed E-state index contributed by atoms with van der Waals surface area (Å²) in [5.41, 5.74) is 1.95. The fraction of sp³-hybridized carbons (Fsp3) is 0.429. The Balaban J connectivity index is 2.13. The van der Waals surface area contributed by atoms with Gasteiger partial charge in [-0.2, -0.15) is 0 Å². The van der Waals surface area contributed by atoms with E-state index >= 15 is 0 Å². The SMILES string of the molecule is CNC(CCCS(C)(=O)=O)c1coc2ccccc12. The van der Waals surface area contributed by atoms with Gasteiger partial charge in [-0.3, -0.25) is 0 Å². The zero-order valence-electron chi connectivity index (χ0n) is 11.2. The highest BCUT2D eigenvalue weighted by Crippen LogP contribution is 2.28. The van der Waals surface area contributed by atoms with Gasteiger partial charge in [-0.05, 0) is 26.0 Å². The molecule has 0 fully saturated rings. The lowest BCUT2D eigenvalue weighted by Crippen LogP contribution is -2.17. The number of hydrogen-bond acceptors (Lipinski definition) is 4. The predicted molar refractivity (Wildman–Crippen MR) is 77.0 cm³/mol. The number of fused-ring (bicyclic) bond motifs is 1. The van der Waals surface area contributed by atoms with E-state index in [2.05, 4.69) is 5.32 Å². The van der Waals surface area contributed by atoms with Crippen molar-refractivity contribution in [2.45, 2.75) is 18.9 Å². The smallest absolute Gasteiger partial charge is 0.147 e. The van der Waals surface area contributed by atoms with E-state index in [1.54, 1.807) is 6.26 Å². The van der Waals surface area contributed by atoms with Crippen molar-refractivity contribution in [1.29, 1.82) is 0 Å². The summed E-state index contributed by atoms with van der Waals surface area (Å²) in [4.78, 5) is 0. The third-order valence-corrected chi connectivity index (χ3v) is 4.27. The molecular weight excluding hydrogens is 262 g/mol. The second kappa shape index (κ2) is 5.75. The van der Waals surface area contributed by atoms with E-state index in [4.69, 9.17) is 4.42 Å². The molecule has 104 valence electrons. The van der Waals surface area contributed by atoms with Crippen molar-refractivity contribution in [1.82, 2.24) is 5.32 Å². The molecule has 1 heterocycles. The minimum atomic E-state index is -2.89. The summed E-state index contributed by atoms with van der Waals surface area (Å²) in [5.74, 6) is 0.223. The van der Waals surface area contributed by atoms with Crippen LogP contribution in [0, 0.1) is 0 Å². The Morgan fingerprint density at radius 3 is 2.74 bits per heavy atom. The van der Waals surface area contributed by atoms with Crippen LogP contribution in [-0.4, -0.2) is 27.5 Å². The van der Waals surface area contributed by atoms with Crippen LogP contribution < -0.4 is 5.32 Å². The second-order valence-corrected chi connectivity index (χ2v) is 7.06. The van der Waals surface area contributed by atoms with E-state index in [1.165, 1.54) is 6.26 Å². The van der Waals surface area contributed by atoms with Crippen molar-refractivity contribution in [3.05, 3.63) is 36.1 Å². The first kappa shape index (κ1) is 14.1. The molecule has 0 aliphatic carbocycles. The zero-order valence-corrected chi connectivity index (χ0v) is 12.0. The van der Waals surface area contributed by atoms with Gasteiger partial charge < -0.3 is 9.73 Å². The fourth-order valence-electron chi connectivity index (χ4n) is 2.27.